The second-order valence-electron chi connectivity index (χ2n) is 5.81. The third-order valence-electron chi connectivity index (χ3n) is 4.36. The molecule has 0 saturated carbocycles. The van der Waals surface area contributed by atoms with Crippen molar-refractivity contribution in [2.45, 2.75) is 38.6 Å². The molecule has 2 saturated heterocycles. The molecule has 0 spiro atoms. The van der Waals surface area contributed by atoms with Crippen LogP contribution >= 0.6 is 0 Å². The van der Waals surface area contributed by atoms with Crippen LogP contribution < -0.4 is 9.64 Å². The summed E-state index contributed by atoms with van der Waals surface area (Å²) in [5, 5.41) is 0. The highest BCUT2D eigenvalue weighted by molar-refractivity contribution is 6.22. The van der Waals surface area contributed by atoms with Crippen LogP contribution in [0.3, 0.4) is 0 Å². The van der Waals surface area contributed by atoms with Gasteiger partial charge in [0.1, 0.15) is 5.75 Å². The van der Waals surface area contributed by atoms with Crippen molar-refractivity contribution in [2.75, 3.05) is 24.6 Å². The van der Waals surface area contributed by atoms with Crippen molar-refractivity contribution in [3.8, 4) is 5.75 Å². The van der Waals surface area contributed by atoms with Gasteiger partial charge in [-0.15, -0.1) is 0 Å². The van der Waals surface area contributed by atoms with Crippen molar-refractivity contribution < 1.29 is 14.3 Å². The zero-order valence-electron chi connectivity index (χ0n) is 13.0. The first kappa shape index (κ1) is 15.0. The Balaban J connectivity index is 1.76. The number of carbonyl (C=O) groups is 2. The minimum Gasteiger partial charge on any atom is -0.494 e. The van der Waals surface area contributed by atoms with Gasteiger partial charge in [-0.1, -0.05) is 6.42 Å². The van der Waals surface area contributed by atoms with Crippen molar-refractivity contribution in [3.05, 3.63) is 24.3 Å². The Labute approximate surface area is 130 Å². The van der Waals surface area contributed by atoms with Gasteiger partial charge in [-0.2, -0.15) is 0 Å². The predicted octanol–water partition coefficient (Wildman–Crippen LogP) is 2.20. The molecule has 1 aromatic rings. The maximum Gasteiger partial charge on any atom is 0.251 e. The van der Waals surface area contributed by atoms with Crippen LogP contribution in [0.5, 0.6) is 5.75 Å². The van der Waals surface area contributed by atoms with Gasteiger partial charge in [-0.25, -0.2) is 4.90 Å². The Hall–Kier alpha value is -1.88. The lowest BCUT2D eigenvalue weighted by Crippen LogP contribution is -2.44. The molecule has 22 heavy (non-hydrogen) atoms. The molecule has 0 aromatic heterocycles. The van der Waals surface area contributed by atoms with E-state index in [1.54, 1.807) is 24.3 Å². The molecule has 1 atom stereocenters. The summed E-state index contributed by atoms with van der Waals surface area (Å²) in [7, 11) is 0. The van der Waals surface area contributed by atoms with Crippen LogP contribution in [0, 0.1) is 0 Å². The highest BCUT2D eigenvalue weighted by atomic mass is 16.5. The van der Waals surface area contributed by atoms with E-state index in [0.717, 1.165) is 31.7 Å². The number of amides is 2. The van der Waals surface area contributed by atoms with Crippen molar-refractivity contribution in [3.63, 3.8) is 0 Å². The second kappa shape index (κ2) is 6.48. The zero-order valence-corrected chi connectivity index (χ0v) is 13.0. The molecule has 2 fully saturated rings. The van der Waals surface area contributed by atoms with Crippen molar-refractivity contribution in [1.82, 2.24) is 4.90 Å². The molecule has 0 bridgehead atoms. The van der Waals surface area contributed by atoms with Gasteiger partial charge in [0.05, 0.1) is 24.8 Å². The molecule has 2 aliphatic rings. The molecule has 0 radical (unpaired) electrons. The maximum atomic E-state index is 12.7. The first-order chi connectivity index (χ1) is 10.7. The second-order valence-corrected chi connectivity index (χ2v) is 5.81. The molecule has 1 aromatic carbocycles. The molecular formula is C17H22N2O3. The highest BCUT2D eigenvalue weighted by Crippen LogP contribution is 2.28. The first-order valence-corrected chi connectivity index (χ1v) is 8.04. The fraction of sp³-hybridized carbons (Fsp3) is 0.529. The van der Waals surface area contributed by atoms with Crippen molar-refractivity contribution >= 4 is 17.5 Å². The number of ether oxygens (including phenoxy) is 1. The number of piperidine rings is 1. The van der Waals surface area contributed by atoms with Gasteiger partial charge in [0, 0.05) is 0 Å². The summed E-state index contributed by atoms with van der Waals surface area (Å²) < 4.78 is 5.40. The normalized spacial score (nSPS) is 23.1. The van der Waals surface area contributed by atoms with Gasteiger partial charge in [-0.05, 0) is 57.1 Å². The SMILES string of the molecule is CCOc1ccc(N2C(=O)CC(N3CCCCC3)C2=O)cc1. The van der Waals surface area contributed by atoms with E-state index in [-0.39, 0.29) is 17.9 Å². The largest absolute Gasteiger partial charge is 0.494 e. The molecule has 0 aliphatic carbocycles. The summed E-state index contributed by atoms with van der Waals surface area (Å²) >= 11 is 0. The van der Waals surface area contributed by atoms with E-state index in [1.807, 2.05) is 6.92 Å². The lowest BCUT2D eigenvalue weighted by molar-refractivity contribution is -0.123. The van der Waals surface area contributed by atoms with E-state index in [2.05, 4.69) is 4.90 Å². The fourth-order valence-electron chi connectivity index (χ4n) is 3.26. The number of hydrogen-bond donors (Lipinski definition) is 0. The van der Waals surface area contributed by atoms with E-state index in [9.17, 15) is 9.59 Å². The molecule has 5 nitrogen and oxygen atoms in total. The third-order valence-corrected chi connectivity index (χ3v) is 4.36. The summed E-state index contributed by atoms with van der Waals surface area (Å²) in [4.78, 5) is 28.4. The Morgan fingerprint density at radius 3 is 2.41 bits per heavy atom. The highest BCUT2D eigenvalue weighted by Gasteiger charge is 2.42. The lowest BCUT2D eigenvalue weighted by atomic mass is 10.1. The molecule has 3 rings (SSSR count). The summed E-state index contributed by atoms with van der Waals surface area (Å²) in [6, 6.07) is 6.87. The van der Waals surface area contributed by atoms with Crippen molar-refractivity contribution in [2.24, 2.45) is 0 Å². The van der Waals surface area contributed by atoms with Crippen LogP contribution in [0.1, 0.15) is 32.6 Å². The summed E-state index contributed by atoms with van der Waals surface area (Å²) in [5.41, 5.74) is 0.637. The van der Waals surface area contributed by atoms with E-state index >= 15 is 0 Å². The van der Waals surface area contributed by atoms with Crippen molar-refractivity contribution in [1.29, 1.82) is 0 Å². The summed E-state index contributed by atoms with van der Waals surface area (Å²) in [6.07, 6.45) is 3.74. The number of benzene rings is 1. The van der Waals surface area contributed by atoms with E-state index in [4.69, 9.17) is 4.74 Å². The van der Waals surface area contributed by atoms with E-state index < -0.39 is 0 Å². The van der Waals surface area contributed by atoms with Gasteiger partial charge >= 0.3 is 0 Å². The van der Waals surface area contributed by atoms with E-state index in [1.165, 1.54) is 11.3 Å². The molecule has 5 heteroatoms. The first-order valence-electron chi connectivity index (χ1n) is 8.04. The number of nitrogens with zero attached hydrogens (tertiary/aromatic N) is 2. The number of anilines is 1. The number of imide groups is 1. The van der Waals surface area contributed by atoms with Gasteiger partial charge < -0.3 is 4.74 Å². The number of rotatable bonds is 4. The quantitative estimate of drug-likeness (QED) is 0.800. The summed E-state index contributed by atoms with van der Waals surface area (Å²) in [5.74, 6) is 0.554. The average molecular weight is 302 g/mol. The lowest BCUT2D eigenvalue weighted by Gasteiger charge is -2.30. The Kier molecular flexibility index (Phi) is 4.43. The minimum atomic E-state index is -0.278. The van der Waals surface area contributed by atoms with Crippen LogP contribution in [-0.4, -0.2) is 42.5 Å². The molecule has 118 valence electrons. The maximum absolute atomic E-state index is 12.7. The van der Waals surface area contributed by atoms with Crippen LogP contribution in [0.15, 0.2) is 24.3 Å². The molecule has 2 heterocycles. The van der Waals surface area contributed by atoms with Gasteiger partial charge in [-0.3, -0.25) is 14.5 Å². The summed E-state index contributed by atoms with van der Waals surface area (Å²) in [6.45, 7) is 4.35. The van der Waals surface area contributed by atoms with Crippen LogP contribution in [0.2, 0.25) is 0 Å². The average Bonchev–Trinajstić information content (AvgIpc) is 2.84. The number of carbonyl (C=O) groups excluding carboxylic acids is 2. The number of hydrogen-bond acceptors (Lipinski definition) is 4. The molecular weight excluding hydrogens is 280 g/mol. The molecule has 1 unspecified atom stereocenters. The fourth-order valence-corrected chi connectivity index (χ4v) is 3.26. The Morgan fingerprint density at radius 1 is 1.09 bits per heavy atom. The Morgan fingerprint density at radius 2 is 1.77 bits per heavy atom. The minimum absolute atomic E-state index is 0.0870. The molecule has 2 aliphatic heterocycles. The van der Waals surface area contributed by atoms with Crippen LogP contribution in [-0.2, 0) is 9.59 Å². The van der Waals surface area contributed by atoms with Crippen LogP contribution in [0.4, 0.5) is 5.69 Å². The predicted molar refractivity (Wildman–Crippen MR) is 83.9 cm³/mol. The van der Waals surface area contributed by atoms with Gasteiger partial charge in [0.2, 0.25) is 5.91 Å². The van der Waals surface area contributed by atoms with E-state index in [0.29, 0.717) is 18.7 Å². The number of likely N-dealkylation sites (tertiary alicyclic amines) is 1. The zero-order chi connectivity index (χ0) is 15.5. The van der Waals surface area contributed by atoms with Gasteiger partial charge in [0.25, 0.3) is 5.91 Å². The smallest absolute Gasteiger partial charge is 0.251 e. The third kappa shape index (κ3) is 2.86. The Bertz CT molecular complexity index is 550. The van der Waals surface area contributed by atoms with Gasteiger partial charge in [0.15, 0.2) is 0 Å². The topological polar surface area (TPSA) is 49.9 Å². The molecule has 0 N–H and O–H groups in total. The van der Waals surface area contributed by atoms with Crippen LogP contribution in [0.25, 0.3) is 0 Å². The molecule has 2 amide bonds. The standard InChI is InChI=1S/C17H22N2O3/c1-2-22-14-8-6-13(7-9-14)19-16(20)12-15(17(19)21)18-10-4-3-5-11-18/h6-9,15H,2-5,10-12H2,1H3. The monoisotopic (exact) mass is 302 g/mol.